The van der Waals surface area contributed by atoms with Crippen LogP contribution in [0.3, 0.4) is 0 Å². The van der Waals surface area contributed by atoms with Gasteiger partial charge in [0.25, 0.3) is 0 Å². The summed E-state index contributed by atoms with van der Waals surface area (Å²) in [6.07, 6.45) is 1.10. The van der Waals surface area contributed by atoms with Crippen LogP contribution in [0.5, 0.6) is 0 Å². The average Bonchev–Trinajstić information content (AvgIpc) is 3.17. The van der Waals surface area contributed by atoms with Gasteiger partial charge in [-0.2, -0.15) is 4.98 Å². The third-order valence-electron chi connectivity index (χ3n) is 4.45. The van der Waals surface area contributed by atoms with E-state index in [9.17, 15) is 4.79 Å². The van der Waals surface area contributed by atoms with Crippen molar-refractivity contribution in [2.75, 3.05) is 20.1 Å². The lowest BCUT2D eigenvalue weighted by atomic mass is 10.1. The minimum absolute atomic E-state index is 0.383. The molecule has 2 aromatic rings. The van der Waals surface area contributed by atoms with Gasteiger partial charge in [0.1, 0.15) is 0 Å². The molecule has 0 unspecified atom stereocenters. The molecule has 2 N–H and O–H groups in total. The zero-order valence-electron chi connectivity index (χ0n) is 14.1. The molecule has 24 heavy (non-hydrogen) atoms. The van der Waals surface area contributed by atoms with Crippen molar-refractivity contribution in [3.8, 4) is 0 Å². The zero-order valence-corrected chi connectivity index (χ0v) is 14.1. The summed E-state index contributed by atoms with van der Waals surface area (Å²) < 4.78 is 5.02. The molecule has 1 aliphatic heterocycles. The van der Waals surface area contributed by atoms with Gasteiger partial charge in [-0.1, -0.05) is 17.3 Å². The van der Waals surface area contributed by atoms with Gasteiger partial charge in [0, 0.05) is 38.2 Å². The van der Waals surface area contributed by atoms with Crippen LogP contribution in [0.25, 0.3) is 0 Å². The van der Waals surface area contributed by atoms with Gasteiger partial charge in [-0.3, -0.25) is 14.6 Å². The highest BCUT2D eigenvalue weighted by atomic mass is 16.5. The molecule has 1 aliphatic rings. The summed E-state index contributed by atoms with van der Waals surface area (Å²) in [7, 11) is 2.09. The third kappa shape index (κ3) is 3.98. The molecule has 0 radical (unpaired) electrons. The molecule has 1 aromatic carbocycles. The molecule has 0 saturated carbocycles. The number of carbonyl (C=O) groups excluding carboxylic acids is 1. The number of hydrogen-bond donors (Lipinski definition) is 1. The number of hydrogen-bond acceptors (Lipinski definition) is 6. The molecular weight excluding hydrogens is 306 g/mol. The molecule has 1 saturated heterocycles. The van der Waals surface area contributed by atoms with Crippen LogP contribution in [-0.4, -0.2) is 52.0 Å². The van der Waals surface area contributed by atoms with Crippen molar-refractivity contribution >= 4 is 5.91 Å². The van der Waals surface area contributed by atoms with Gasteiger partial charge in [0.05, 0.1) is 6.54 Å². The van der Waals surface area contributed by atoms with Gasteiger partial charge in [-0.15, -0.1) is 0 Å². The maximum absolute atomic E-state index is 11.3. The second-order valence-electron chi connectivity index (χ2n) is 6.39. The largest absolute Gasteiger partial charge is 0.366 e. The van der Waals surface area contributed by atoms with E-state index in [1.54, 1.807) is 13.0 Å². The summed E-state index contributed by atoms with van der Waals surface area (Å²) in [4.78, 5) is 20.2. The number of primary amides is 1. The Morgan fingerprint density at radius 1 is 1.50 bits per heavy atom. The number of likely N-dealkylation sites (N-methyl/N-ethyl adjacent to an activating group) is 1. The molecule has 1 aromatic heterocycles. The highest BCUT2D eigenvalue weighted by Crippen LogP contribution is 2.19. The molecule has 0 aliphatic carbocycles. The first kappa shape index (κ1) is 16.6. The molecule has 2 heterocycles. The van der Waals surface area contributed by atoms with Crippen LogP contribution >= 0.6 is 0 Å². The average molecular weight is 329 g/mol. The van der Waals surface area contributed by atoms with Crippen molar-refractivity contribution in [2.24, 2.45) is 5.73 Å². The number of amides is 1. The number of likely N-dealkylation sites (tertiary alicyclic amines) is 1. The summed E-state index contributed by atoms with van der Waals surface area (Å²) in [5.41, 5.74) is 7.03. The maximum Gasteiger partial charge on any atom is 0.248 e. The van der Waals surface area contributed by atoms with Crippen LogP contribution in [0.2, 0.25) is 0 Å². The Labute approximate surface area is 141 Å². The molecule has 1 fully saturated rings. The standard InChI is InChI=1S/C17H23N5O2/c1-12-19-16(20-24-12)11-21(2)15-6-7-22(10-15)9-13-4-3-5-14(8-13)17(18)23/h3-5,8,15H,6-7,9-11H2,1-2H3,(H2,18,23)/t15-/m0/s1. The zero-order chi connectivity index (χ0) is 17.1. The van der Waals surface area contributed by atoms with E-state index >= 15 is 0 Å². The van der Waals surface area contributed by atoms with Crippen molar-refractivity contribution in [3.63, 3.8) is 0 Å². The summed E-state index contributed by atoms with van der Waals surface area (Å²) in [5, 5.41) is 3.95. The van der Waals surface area contributed by atoms with E-state index in [-0.39, 0.29) is 5.91 Å². The van der Waals surface area contributed by atoms with Crippen LogP contribution in [-0.2, 0) is 13.1 Å². The van der Waals surface area contributed by atoms with Crippen molar-refractivity contribution in [1.82, 2.24) is 19.9 Å². The molecule has 7 nitrogen and oxygen atoms in total. The monoisotopic (exact) mass is 329 g/mol. The second-order valence-corrected chi connectivity index (χ2v) is 6.39. The van der Waals surface area contributed by atoms with E-state index in [1.165, 1.54) is 0 Å². The number of nitrogens with zero attached hydrogens (tertiary/aromatic N) is 4. The maximum atomic E-state index is 11.3. The normalized spacial score (nSPS) is 18.4. The van der Waals surface area contributed by atoms with E-state index in [2.05, 4.69) is 27.0 Å². The van der Waals surface area contributed by atoms with Crippen LogP contribution in [0.15, 0.2) is 28.8 Å². The first-order valence-corrected chi connectivity index (χ1v) is 8.12. The minimum Gasteiger partial charge on any atom is -0.366 e. The van der Waals surface area contributed by atoms with Crippen LogP contribution in [0.1, 0.15) is 34.1 Å². The topological polar surface area (TPSA) is 88.5 Å². The Morgan fingerprint density at radius 2 is 2.33 bits per heavy atom. The fourth-order valence-electron chi connectivity index (χ4n) is 3.15. The number of nitrogens with two attached hydrogens (primary N) is 1. The van der Waals surface area contributed by atoms with Gasteiger partial charge in [0.15, 0.2) is 5.82 Å². The number of rotatable bonds is 6. The van der Waals surface area contributed by atoms with Gasteiger partial charge in [0.2, 0.25) is 11.8 Å². The predicted molar refractivity (Wildman–Crippen MR) is 89.1 cm³/mol. The van der Waals surface area contributed by atoms with E-state index in [4.69, 9.17) is 10.3 Å². The SMILES string of the molecule is Cc1nc(CN(C)[C@H]2CCN(Cc3cccc(C(N)=O)c3)C2)no1. The lowest BCUT2D eigenvalue weighted by Crippen LogP contribution is -2.34. The Kier molecular flexibility index (Phi) is 4.92. The van der Waals surface area contributed by atoms with E-state index in [1.807, 2.05) is 18.2 Å². The molecular formula is C17H23N5O2. The minimum atomic E-state index is -0.383. The van der Waals surface area contributed by atoms with Crippen LogP contribution in [0.4, 0.5) is 0 Å². The molecule has 1 atom stereocenters. The Balaban J connectivity index is 1.55. The second kappa shape index (κ2) is 7.11. The van der Waals surface area contributed by atoms with E-state index in [0.29, 0.717) is 24.0 Å². The molecule has 128 valence electrons. The molecule has 3 rings (SSSR count). The Bertz CT molecular complexity index is 715. The van der Waals surface area contributed by atoms with Crippen molar-refractivity contribution < 1.29 is 9.32 Å². The number of aryl methyl sites for hydroxylation is 1. The van der Waals surface area contributed by atoms with Crippen molar-refractivity contribution in [1.29, 1.82) is 0 Å². The van der Waals surface area contributed by atoms with Gasteiger partial charge in [-0.25, -0.2) is 0 Å². The van der Waals surface area contributed by atoms with E-state index in [0.717, 1.165) is 37.4 Å². The molecule has 0 spiro atoms. The fraction of sp³-hybridized carbons (Fsp3) is 0.471. The number of benzene rings is 1. The quantitative estimate of drug-likeness (QED) is 0.856. The van der Waals surface area contributed by atoms with Gasteiger partial charge < -0.3 is 10.3 Å². The highest BCUT2D eigenvalue weighted by Gasteiger charge is 2.26. The van der Waals surface area contributed by atoms with Crippen LogP contribution in [0, 0.1) is 6.92 Å². The summed E-state index contributed by atoms with van der Waals surface area (Å²) >= 11 is 0. The smallest absolute Gasteiger partial charge is 0.248 e. The van der Waals surface area contributed by atoms with Crippen molar-refractivity contribution in [3.05, 3.63) is 47.1 Å². The molecule has 0 bridgehead atoms. The summed E-state index contributed by atoms with van der Waals surface area (Å²) in [6.45, 7) is 5.32. The lowest BCUT2D eigenvalue weighted by molar-refractivity contribution is 0.1000. The summed E-state index contributed by atoms with van der Waals surface area (Å²) in [5.74, 6) is 0.940. The number of aromatic nitrogens is 2. The van der Waals surface area contributed by atoms with Gasteiger partial charge >= 0.3 is 0 Å². The number of carbonyl (C=O) groups is 1. The Morgan fingerprint density at radius 3 is 3.04 bits per heavy atom. The first-order valence-electron chi connectivity index (χ1n) is 8.12. The molecule has 1 amide bonds. The van der Waals surface area contributed by atoms with Gasteiger partial charge in [-0.05, 0) is 31.2 Å². The Hall–Kier alpha value is -2.25. The van der Waals surface area contributed by atoms with Crippen LogP contribution < -0.4 is 5.73 Å². The van der Waals surface area contributed by atoms with Crippen molar-refractivity contribution in [2.45, 2.75) is 32.5 Å². The highest BCUT2D eigenvalue weighted by molar-refractivity contribution is 5.92. The first-order chi connectivity index (χ1) is 11.5. The lowest BCUT2D eigenvalue weighted by Gasteiger charge is -2.23. The summed E-state index contributed by atoms with van der Waals surface area (Å²) in [6, 6.07) is 8.00. The predicted octanol–water partition coefficient (Wildman–Crippen LogP) is 1.18. The third-order valence-corrected chi connectivity index (χ3v) is 4.45. The molecule has 7 heteroatoms. The fourth-order valence-corrected chi connectivity index (χ4v) is 3.15. The van der Waals surface area contributed by atoms with E-state index < -0.39 is 0 Å².